The highest BCUT2D eigenvalue weighted by Crippen LogP contribution is 2.39. The van der Waals surface area contributed by atoms with E-state index in [9.17, 15) is 19.2 Å². The molecule has 0 aromatic rings. The maximum Gasteiger partial charge on any atom is 0.221 e. The van der Waals surface area contributed by atoms with Gasteiger partial charge in [-0.2, -0.15) is 11.8 Å². The van der Waals surface area contributed by atoms with Crippen LogP contribution in [-0.2, 0) is 23.9 Å². The van der Waals surface area contributed by atoms with Gasteiger partial charge < -0.3 is 30.9 Å². The minimum atomic E-state index is -0.0757. The van der Waals surface area contributed by atoms with Crippen LogP contribution >= 0.6 is 33.3 Å². The van der Waals surface area contributed by atoms with Crippen LogP contribution in [0.2, 0.25) is 0 Å². The molecule has 2 aliphatic rings. The largest absolute Gasteiger partial charge is 0.380 e. The van der Waals surface area contributed by atoms with E-state index in [0.717, 1.165) is 42.6 Å². The number of hydrogen-bond acceptors (Lipinski definition) is 9. The number of carbonyl (C=O) groups is 4. The Morgan fingerprint density at radius 2 is 1.22 bits per heavy atom. The van der Waals surface area contributed by atoms with Crippen LogP contribution in [-0.4, -0.2) is 110 Å². The van der Waals surface area contributed by atoms with Gasteiger partial charge in [-0.25, -0.2) is 0 Å². The van der Waals surface area contributed by atoms with Crippen molar-refractivity contribution in [3.63, 3.8) is 0 Å². The summed E-state index contributed by atoms with van der Waals surface area (Å²) in [7, 11) is 3.93. The summed E-state index contributed by atoms with van der Waals surface area (Å²) in [4.78, 5) is 51.0. The Morgan fingerprint density at radius 1 is 0.667 bits per heavy atom. The molecule has 2 atom stereocenters. The topological polar surface area (TPSA) is 129 Å². The lowest BCUT2D eigenvalue weighted by atomic mass is 10.1. The van der Waals surface area contributed by atoms with E-state index in [-0.39, 0.29) is 23.6 Å². The monoisotopic (exact) mass is 689 g/mol. The van der Waals surface area contributed by atoms with Crippen molar-refractivity contribution in [2.75, 3.05) is 70.5 Å². The van der Waals surface area contributed by atoms with Crippen LogP contribution in [0.4, 0.5) is 0 Å². The predicted octanol–water partition coefficient (Wildman–Crippen LogP) is 4.13. The molecule has 2 fully saturated rings. The molecule has 4 amide bonds. The molecule has 0 aromatic heterocycles. The molecule has 0 aromatic carbocycles. The third kappa shape index (κ3) is 22.1. The molecule has 2 heterocycles. The van der Waals surface area contributed by atoms with Crippen molar-refractivity contribution in [3.05, 3.63) is 0 Å². The third-order valence-corrected chi connectivity index (χ3v) is 12.3. The number of ether oxygens (including phenoxy) is 1. The van der Waals surface area contributed by atoms with Crippen molar-refractivity contribution in [1.82, 2.24) is 26.2 Å². The summed E-state index contributed by atoms with van der Waals surface area (Å²) in [6.07, 6.45) is 13.0. The normalized spacial score (nSPS) is 17.8. The number of amides is 4. The Hall–Kier alpha value is -1.15. The second-order valence-electron chi connectivity index (χ2n) is 11.8. The van der Waals surface area contributed by atoms with Gasteiger partial charge >= 0.3 is 0 Å². The van der Waals surface area contributed by atoms with Gasteiger partial charge in [0.2, 0.25) is 23.6 Å². The van der Waals surface area contributed by atoms with E-state index in [0.29, 0.717) is 84.7 Å². The first kappa shape index (κ1) is 40.0. The first-order valence-electron chi connectivity index (χ1n) is 17.2. The maximum absolute atomic E-state index is 12.4. The van der Waals surface area contributed by atoms with E-state index < -0.39 is 0 Å². The highest BCUT2D eigenvalue weighted by atomic mass is 33.1. The third-order valence-electron chi connectivity index (χ3n) is 7.86. The summed E-state index contributed by atoms with van der Waals surface area (Å²) >= 11 is 2.06. The zero-order valence-electron chi connectivity index (χ0n) is 27.5. The molecule has 0 saturated carbocycles. The number of nitrogens with zero attached hydrogens (tertiary/aromatic N) is 1. The Bertz CT molecular complexity index is 769. The summed E-state index contributed by atoms with van der Waals surface area (Å²) < 4.78 is 5.63. The minimum absolute atomic E-state index is 0.0423. The zero-order valence-corrected chi connectivity index (χ0v) is 30.0. The van der Waals surface area contributed by atoms with Crippen molar-refractivity contribution < 1.29 is 23.9 Å². The Kier molecular flexibility index (Phi) is 23.9. The lowest BCUT2D eigenvalue weighted by molar-refractivity contribution is -0.123. The molecule has 10 nitrogen and oxygen atoms in total. The van der Waals surface area contributed by atoms with E-state index >= 15 is 0 Å². The molecule has 2 saturated heterocycles. The van der Waals surface area contributed by atoms with Gasteiger partial charge in [0.05, 0.1) is 6.61 Å². The van der Waals surface area contributed by atoms with Crippen LogP contribution in [0.5, 0.6) is 0 Å². The second-order valence-corrected chi connectivity index (χ2v) is 16.0. The van der Waals surface area contributed by atoms with Gasteiger partial charge in [-0.05, 0) is 57.1 Å². The summed E-state index contributed by atoms with van der Waals surface area (Å²) in [5.41, 5.74) is 0. The fourth-order valence-corrected chi connectivity index (χ4v) is 9.57. The van der Waals surface area contributed by atoms with Crippen LogP contribution in [0.1, 0.15) is 96.8 Å². The van der Waals surface area contributed by atoms with Crippen LogP contribution in [0.15, 0.2) is 0 Å². The highest BCUT2D eigenvalue weighted by Gasteiger charge is 2.17. The Balaban J connectivity index is 1.50. The molecule has 0 bridgehead atoms. The molecule has 13 heteroatoms. The van der Waals surface area contributed by atoms with E-state index in [1.54, 1.807) is 0 Å². The molecule has 0 radical (unpaired) electrons. The van der Waals surface area contributed by atoms with Gasteiger partial charge in [0.1, 0.15) is 0 Å². The van der Waals surface area contributed by atoms with Crippen LogP contribution in [0, 0.1) is 0 Å². The average Bonchev–Trinajstić information content (AvgIpc) is 3.76. The zero-order chi connectivity index (χ0) is 32.4. The maximum atomic E-state index is 12.4. The summed E-state index contributed by atoms with van der Waals surface area (Å²) in [6, 6.07) is 0. The summed E-state index contributed by atoms with van der Waals surface area (Å²) in [5.74, 6) is 2.46. The second kappa shape index (κ2) is 26.9. The lowest BCUT2D eigenvalue weighted by Crippen LogP contribution is -2.39. The van der Waals surface area contributed by atoms with Crippen molar-refractivity contribution in [1.29, 1.82) is 0 Å². The number of thioether (sulfide) groups is 1. The molecule has 0 spiro atoms. The SMILES string of the molecule is CCCOCCN(CCC(=O)NCCNC(=O)CCCCC1CCCS1)CCC(=O)NCCNC(=O)CCCCC1CCSS1. The van der Waals surface area contributed by atoms with Crippen LogP contribution < -0.4 is 21.3 Å². The predicted molar refractivity (Wildman–Crippen MR) is 190 cm³/mol. The number of unbranched alkanes of at least 4 members (excludes halogenated alkanes) is 2. The van der Waals surface area contributed by atoms with E-state index in [4.69, 9.17) is 4.74 Å². The van der Waals surface area contributed by atoms with Crippen LogP contribution in [0.25, 0.3) is 0 Å². The smallest absolute Gasteiger partial charge is 0.221 e. The molecule has 4 N–H and O–H groups in total. The average molecular weight is 690 g/mol. The van der Waals surface area contributed by atoms with Crippen molar-refractivity contribution in [2.45, 2.75) is 107 Å². The van der Waals surface area contributed by atoms with Crippen molar-refractivity contribution >= 4 is 57.0 Å². The van der Waals surface area contributed by atoms with E-state index in [1.807, 2.05) is 21.6 Å². The van der Waals surface area contributed by atoms with Gasteiger partial charge in [0.15, 0.2) is 0 Å². The van der Waals surface area contributed by atoms with Gasteiger partial charge in [0, 0.05) is 94.4 Å². The summed E-state index contributed by atoms with van der Waals surface area (Å²) in [5, 5.41) is 13.1. The fourth-order valence-electron chi connectivity index (χ4n) is 5.21. The molecule has 2 rings (SSSR count). The van der Waals surface area contributed by atoms with Gasteiger partial charge in [0.25, 0.3) is 0 Å². The summed E-state index contributed by atoms with van der Waals surface area (Å²) in [6.45, 7) is 6.64. The number of carbonyl (C=O) groups excluding carboxylic acids is 4. The number of nitrogens with one attached hydrogen (secondary N) is 4. The number of rotatable bonds is 27. The van der Waals surface area contributed by atoms with Crippen molar-refractivity contribution in [3.8, 4) is 0 Å². The molecule has 0 aliphatic carbocycles. The Labute approximate surface area is 284 Å². The molecule has 260 valence electrons. The minimum Gasteiger partial charge on any atom is -0.380 e. The fraction of sp³-hybridized carbons (Fsp3) is 0.875. The molecule has 2 unspecified atom stereocenters. The van der Waals surface area contributed by atoms with Gasteiger partial charge in [-0.1, -0.05) is 41.4 Å². The molecular formula is C32H59N5O5S3. The number of hydrogen-bond donors (Lipinski definition) is 4. The highest BCUT2D eigenvalue weighted by molar-refractivity contribution is 8.77. The molecule has 2 aliphatic heterocycles. The first-order valence-corrected chi connectivity index (χ1v) is 20.7. The van der Waals surface area contributed by atoms with Crippen molar-refractivity contribution in [2.24, 2.45) is 0 Å². The quantitative estimate of drug-likeness (QED) is 0.0744. The van der Waals surface area contributed by atoms with Gasteiger partial charge in [-0.3, -0.25) is 19.2 Å². The Morgan fingerprint density at radius 3 is 1.71 bits per heavy atom. The van der Waals surface area contributed by atoms with E-state index in [1.165, 1.54) is 43.6 Å². The lowest BCUT2D eigenvalue weighted by Gasteiger charge is -2.22. The standard InChI is InChI=1S/C32H59N5O5S3/c1-2-23-42-24-22-37(20-13-31(40)35-18-16-33-29(38)11-5-3-8-27-10-7-25-43-27)21-14-32(41)36-19-17-34-30(39)12-6-4-9-28-15-26-44-45-28/h27-28H,2-26H2,1H3,(H,33,38)(H,34,39)(H,35,40)(H,36,41). The van der Waals surface area contributed by atoms with Gasteiger partial charge in [-0.15, -0.1) is 0 Å². The first-order chi connectivity index (χ1) is 22.0. The van der Waals surface area contributed by atoms with E-state index in [2.05, 4.69) is 44.9 Å². The molecule has 45 heavy (non-hydrogen) atoms. The van der Waals surface area contributed by atoms with Crippen LogP contribution in [0.3, 0.4) is 0 Å². The molecular weight excluding hydrogens is 631 g/mol.